The SMILES string of the molecule is COc1nc(NC2CCCCC2CN)ncc1Br. The van der Waals surface area contributed by atoms with E-state index in [4.69, 9.17) is 10.5 Å². The van der Waals surface area contributed by atoms with Crippen molar-refractivity contribution in [3.63, 3.8) is 0 Å². The first-order valence-corrected chi connectivity index (χ1v) is 7.07. The molecular weight excluding hydrogens is 296 g/mol. The molecule has 6 heteroatoms. The number of nitrogens with zero attached hydrogens (tertiary/aromatic N) is 2. The summed E-state index contributed by atoms with van der Waals surface area (Å²) < 4.78 is 5.92. The first kappa shape index (κ1) is 13.5. The number of halogens is 1. The molecule has 1 aliphatic carbocycles. The van der Waals surface area contributed by atoms with Crippen LogP contribution in [0.2, 0.25) is 0 Å². The van der Waals surface area contributed by atoms with Gasteiger partial charge in [0.1, 0.15) is 0 Å². The Labute approximate surface area is 116 Å². The Morgan fingerprint density at radius 1 is 1.50 bits per heavy atom. The van der Waals surface area contributed by atoms with Crippen molar-refractivity contribution in [1.29, 1.82) is 0 Å². The second kappa shape index (κ2) is 6.33. The summed E-state index contributed by atoms with van der Waals surface area (Å²) in [6, 6.07) is 0.370. The predicted octanol–water partition coefficient (Wildman–Crippen LogP) is 2.18. The quantitative estimate of drug-likeness (QED) is 0.891. The highest BCUT2D eigenvalue weighted by atomic mass is 79.9. The molecule has 1 aliphatic rings. The molecule has 0 saturated heterocycles. The van der Waals surface area contributed by atoms with Gasteiger partial charge < -0.3 is 15.8 Å². The summed E-state index contributed by atoms with van der Waals surface area (Å²) in [7, 11) is 1.60. The highest BCUT2D eigenvalue weighted by molar-refractivity contribution is 9.10. The Morgan fingerprint density at radius 3 is 3.00 bits per heavy atom. The molecule has 0 aromatic carbocycles. The normalized spacial score (nSPS) is 23.7. The van der Waals surface area contributed by atoms with Gasteiger partial charge in [-0.1, -0.05) is 12.8 Å². The molecule has 0 radical (unpaired) electrons. The summed E-state index contributed by atoms with van der Waals surface area (Å²) in [5, 5.41) is 3.38. The van der Waals surface area contributed by atoms with Crippen molar-refractivity contribution in [2.75, 3.05) is 19.0 Å². The first-order valence-electron chi connectivity index (χ1n) is 6.27. The van der Waals surface area contributed by atoms with Crippen LogP contribution in [0.25, 0.3) is 0 Å². The number of methoxy groups -OCH3 is 1. The molecule has 2 rings (SSSR count). The van der Waals surface area contributed by atoms with Crippen molar-refractivity contribution >= 4 is 21.9 Å². The third kappa shape index (κ3) is 3.11. The summed E-state index contributed by atoms with van der Waals surface area (Å²) >= 11 is 3.34. The van der Waals surface area contributed by atoms with Gasteiger partial charge in [0.05, 0.1) is 17.8 Å². The van der Waals surface area contributed by atoms with E-state index >= 15 is 0 Å². The van der Waals surface area contributed by atoms with Crippen LogP contribution in [0.4, 0.5) is 5.95 Å². The maximum atomic E-state index is 5.81. The molecule has 0 amide bonds. The van der Waals surface area contributed by atoms with E-state index in [1.807, 2.05) is 0 Å². The predicted molar refractivity (Wildman–Crippen MR) is 74.7 cm³/mol. The second-order valence-corrected chi connectivity index (χ2v) is 5.44. The van der Waals surface area contributed by atoms with Gasteiger partial charge in [-0.2, -0.15) is 4.98 Å². The Bertz CT molecular complexity index is 402. The Morgan fingerprint density at radius 2 is 2.28 bits per heavy atom. The average molecular weight is 315 g/mol. The van der Waals surface area contributed by atoms with E-state index in [2.05, 4.69) is 31.2 Å². The molecule has 0 spiro atoms. The van der Waals surface area contributed by atoms with E-state index in [0.717, 1.165) is 10.9 Å². The summed E-state index contributed by atoms with van der Waals surface area (Å²) in [5.74, 6) is 1.67. The molecule has 100 valence electrons. The van der Waals surface area contributed by atoms with Crippen LogP contribution in [-0.2, 0) is 0 Å². The molecule has 18 heavy (non-hydrogen) atoms. The van der Waals surface area contributed by atoms with Crippen molar-refractivity contribution in [1.82, 2.24) is 9.97 Å². The van der Waals surface area contributed by atoms with Crippen LogP contribution >= 0.6 is 15.9 Å². The van der Waals surface area contributed by atoms with Crippen LogP contribution in [0.5, 0.6) is 5.88 Å². The minimum absolute atomic E-state index is 0.370. The van der Waals surface area contributed by atoms with Crippen LogP contribution in [0.1, 0.15) is 25.7 Å². The number of hydrogen-bond acceptors (Lipinski definition) is 5. The van der Waals surface area contributed by atoms with Crippen LogP contribution in [-0.4, -0.2) is 29.7 Å². The van der Waals surface area contributed by atoms with Gasteiger partial charge in [0.25, 0.3) is 0 Å². The van der Waals surface area contributed by atoms with E-state index in [9.17, 15) is 0 Å². The largest absolute Gasteiger partial charge is 0.480 e. The highest BCUT2D eigenvalue weighted by Crippen LogP contribution is 2.27. The van der Waals surface area contributed by atoms with Crippen molar-refractivity contribution in [2.24, 2.45) is 11.7 Å². The van der Waals surface area contributed by atoms with Crippen LogP contribution in [0.3, 0.4) is 0 Å². The number of rotatable bonds is 4. The van der Waals surface area contributed by atoms with E-state index < -0.39 is 0 Å². The van der Waals surface area contributed by atoms with Crippen LogP contribution < -0.4 is 15.8 Å². The summed E-state index contributed by atoms with van der Waals surface area (Å²) in [4.78, 5) is 8.58. The van der Waals surface area contributed by atoms with Gasteiger partial charge in [0.2, 0.25) is 11.8 Å². The second-order valence-electron chi connectivity index (χ2n) is 4.58. The zero-order valence-corrected chi connectivity index (χ0v) is 12.1. The summed E-state index contributed by atoms with van der Waals surface area (Å²) in [5.41, 5.74) is 5.81. The lowest BCUT2D eigenvalue weighted by molar-refractivity contribution is 0.331. The lowest BCUT2D eigenvalue weighted by Gasteiger charge is -2.31. The Balaban J connectivity index is 2.07. The van der Waals surface area contributed by atoms with Gasteiger partial charge >= 0.3 is 0 Å². The average Bonchev–Trinajstić information content (AvgIpc) is 2.41. The maximum Gasteiger partial charge on any atom is 0.232 e. The van der Waals surface area contributed by atoms with Crippen LogP contribution in [0, 0.1) is 5.92 Å². The smallest absolute Gasteiger partial charge is 0.232 e. The fraction of sp³-hybridized carbons (Fsp3) is 0.667. The molecule has 1 heterocycles. The molecule has 5 nitrogen and oxygen atoms in total. The zero-order chi connectivity index (χ0) is 13.0. The minimum atomic E-state index is 0.370. The molecule has 2 unspecified atom stereocenters. The number of nitrogens with two attached hydrogens (primary N) is 1. The van der Waals surface area contributed by atoms with E-state index in [1.54, 1.807) is 13.3 Å². The molecule has 0 aliphatic heterocycles. The van der Waals surface area contributed by atoms with Crippen molar-refractivity contribution in [3.05, 3.63) is 10.7 Å². The molecule has 3 N–H and O–H groups in total. The maximum absolute atomic E-state index is 5.81. The number of hydrogen-bond donors (Lipinski definition) is 2. The van der Waals surface area contributed by atoms with Crippen molar-refractivity contribution < 1.29 is 4.74 Å². The van der Waals surface area contributed by atoms with Gasteiger partial charge in [-0.05, 0) is 41.2 Å². The summed E-state index contributed by atoms with van der Waals surface area (Å²) in [6.45, 7) is 0.714. The first-order chi connectivity index (χ1) is 8.74. The van der Waals surface area contributed by atoms with Gasteiger partial charge in [0, 0.05) is 6.04 Å². The summed E-state index contributed by atoms with van der Waals surface area (Å²) in [6.07, 6.45) is 6.52. The number of nitrogens with one attached hydrogen (secondary N) is 1. The topological polar surface area (TPSA) is 73.1 Å². The standard InChI is InChI=1S/C12H19BrN4O/c1-18-11-9(13)7-15-12(17-11)16-10-5-3-2-4-8(10)6-14/h7-8,10H,2-6,14H2,1H3,(H,15,16,17). The molecule has 1 fully saturated rings. The molecule has 1 aromatic rings. The Hall–Kier alpha value is -0.880. The molecule has 1 saturated carbocycles. The molecule has 1 aromatic heterocycles. The molecule has 0 bridgehead atoms. The third-order valence-electron chi connectivity index (χ3n) is 3.43. The third-order valence-corrected chi connectivity index (χ3v) is 3.98. The lowest BCUT2D eigenvalue weighted by atomic mass is 9.84. The van der Waals surface area contributed by atoms with Gasteiger partial charge in [0.15, 0.2) is 0 Å². The fourth-order valence-electron chi connectivity index (χ4n) is 2.41. The van der Waals surface area contributed by atoms with E-state index in [-0.39, 0.29) is 0 Å². The van der Waals surface area contributed by atoms with E-state index in [0.29, 0.717) is 30.3 Å². The van der Waals surface area contributed by atoms with Gasteiger partial charge in [-0.25, -0.2) is 4.98 Å². The molecular formula is C12H19BrN4O. The number of aromatic nitrogens is 2. The fourth-order valence-corrected chi connectivity index (χ4v) is 2.76. The number of ether oxygens (including phenoxy) is 1. The number of anilines is 1. The van der Waals surface area contributed by atoms with Crippen molar-refractivity contribution in [2.45, 2.75) is 31.7 Å². The van der Waals surface area contributed by atoms with Gasteiger partial charge in [-0.3, -0.25) is 0 Å². The van der Waals surface area contributed by atoms with Gasteiger partial charge in [-0.15, -0.1) is 0 Å². The minimum Gasteiger partial charge on any atom is -0.480 e. The Kier molecular flexibility index (Phi) is 4.77. The lowest BCUT2D eigenvalue weighted by Crippen LogP contribution is -2.37. The highest BCUT2D eigenvalue weighted by Gasteiger charge is 2.24. The van der Waals surface area contributed by atoms with E-state index in [1.165, 1.54) is 19.3 Å². The molecule has 2 atom stereocenters. The zero-order valence-electron chi connectivity index (χ0n) is 10.5. The van der Waals surface area contributed by atoms with Crippen molar-refractivity contribution in [3.8, 4) is 5.88 Å². The van der Waals surface area contributed by atoms with Crippen LogP contribution in [0.15, 0.2) is 10.7 Å². The monoisotopic (exact) mass is 314 g/mol.